The molecule has 0 fully saturated rings. The molecule has 0 aliphatic heterocycles. The van der Waals surface area contributed by atoms with Crippen LogP contribution in [-0.2, 0) is 0 Å². The number of phenolic OH excluding ortho intramolecular Hbond substituents is 1. The second-order valence-corrected chi connectivity index (χ2v) is 3.85. The average Bonchev–Trinajstić information content (AvgIpc) is 2.32. The first-order chi connectivity index (χ1) is 8.16. The van der Waals surface area contributed by atoms with Gasteiger partial charge in [-0.15, -0.1) is 0 Å². The Morgan fingerprint density at radius 1 is 1.18 bits per heavy atom. The smallest absolute Gasteiger partial charge is 0.148 e. The Morgan fingerprint density at radius 3 is 2.71 bits per heavy atom. The maximum Gasteiger partial charge on any atom is 0.148 e. The molecule has 2 aromatic carbocycles. The molecule has 17 heavy (non-hydrogen) atoms. The number of aliphatic imine (C=N–C) groups is 1. The van der Waals surface area contributed by atoms with Crippen molar-refractivity contribution in [2.24, 2.45) is 4.99 Å². The Balaban J connectivity index is 2.32. The van der Waals surface area contributed by atoms with Gasteiger partial charge in [0.2, 0.25) is 0 Å². The van der Waals surface area contributed by atoms with E-state index in [1.807, 2.05) is 0 Å². The largest absolute Gasteiger partial charge is 0.507 e. The minimum Gasteiger partial charge on any atom is -0.507 e. The third-order valence-corrected chi connectivity index (χ3v) is 2.42. The molecule has 0 bridgehead atoms. The first-order valence-corrected chi connectivity index (χ1v) is 5.32. The van der Waals surface area contributed by atoms with Gasteiger partial charge in [0.1, 0.15) is 11.6 Å². The lowest BCUT2D eigenvalue weighted by Crippen LogP contribution is -1.83. The first-order valence-electron chi connectivity index (χ1n) is 4.94. The highest BCUT2D eigenvalue weighted by Gasteiger charge is 2.00. The van der Waals surface area contributed by atoms with E-state index in [0.29, 0.717) is 10.6 Å². The number of para-hydroxylation sites is 1. The minimum absolute atomic E-state index is 0.0505. The lowest BCUT2D eigenvalue weighted by atomic mass is 10.2. The highest BCUT2D eigenvalue weighted by Crippen LogP contribution is 2.21. The monoisotopic (exact) mass is 249 g/mol. The number of nitrogens with zero attached hydrogens (tertiary/aromatic N) is 1. The Bertz CT molecular complexity index is 569. The second kappa shape index (κ2) is 4.97. The Kier molecular flexibility index (Phi) is 3.40. The summed E-state index contributed by atoms with van der Waals surface area (Å²) in [5, 5.41) is 10.0. The zero-order valence-corrected chi connectivity index (χ0v) is 9.53. The van der Waals surface area contributed by atoms with Crippen molar-refractivity contribution in [3.63, 3.8) is 0 Å². The molecule has 0 unspecified atom stereocenters. The number of hydrogen-bond acceptors (Lipinski definition) is 2. The van der Waals surface area contributed by atoms with E-state index in [4.69, 9.17) is 11.6 Å². The fraction of sp³-hybridized carbons (Fsp3) is 0. The minimum atomic E-state index is -0.412. The van der Waals surface area contributed by atoms with Gasteiger partial charge in [-0.3, -0.25) is 4.99 Å². The molecule has 2 rings (SSSR count). The molecule has 2 nitrogen and oxygen atoms in total. The van der Waals surface area contributed by atoms with Gasteiger partial charge in [0.15, 0.2) is 0 Å². The van der Waals surface area contributed by atoms with E-state index in [1.54, 1.807) is 30.3 Å². The molecule has 0 spiro atoms. The van der Waals surface area contributed by atoms with Gasteiger partial charge in [0.25, 0.3) is 0 Å². The van der Waals surface area contributed by atoms with E-state index in [2.05, 4.69) is 4.99 Å². The van der Waals surface area contributed by atoms with Crippen LogP contribution < -0.4 is 0 Å². The number of phenols is 1. The Labute approximate surface area is 103 Å². The standard InChI is InChI=1S/C13H9ClFNO/c14-10-5-6-13(17)9(7-10)8-16-12-4-2-1-3-11(12)15/h1-8,17H. The normalized spacial score (nSPS) is 10.9. The van der Waals surface area contributed by atoms with Gasteiger partial charge in [-0.05, 0) is 30.3 Å². The van der Waals surface area contributed by atoms with Crippen LogP contribution in [0.4, 0.5) is 10.1 Å². The summed E-state index contributed by atoms with van der Waals surface area (Å²) in [7, 11) is 0. The van der Waals surface area contributed by atoms with Crippen molar-refractivity contribution in [1.82, 2.24) is 0 Å². The maximum absolute atomic E-state index is 13.3. The summed E-state index contributed by atoms with van der Waals surface area (Å²) in [6.45, 7) is 0. The van der Waals surface area contributed by atoms with Gasteiger partial charge in [0, 0.05) is 16.8 Å². The fourth-order valence-electron chi connectivity index (χ4n) is 1.32. The predicted octanol–water partition coefficient (Wildman–Crippen LogP) is 3.94. The Hall–Kier alpha value is -1.87. The molecular weight excluding hydrogens is 241 g/mol. The lowest BCUT2D eigenvalue weighted by Gasteiger charge is -1.99. The van der Waals surface area contributed by atoms with Crippen molar-refractivity contribution in [3.05, 3.63) is 58.9 Å². The van der Waals surface area contributed by atoms with Crippen LogP contribution in [0.1, 0.15) is 5.56 Å². The SMILES string of the molecule is Oc1ccc(Cl)cc1C=Nc1ccccc1F. The van der Waals surface area contributed by atoms with Gasteiger partial charge in [-0.2, -0.15) is 0 Å². The number of benzene rings is 2. The second-order valence-electron chi connectivity index (χ2n) is 3.41. The van der Waals surface area contributed by atoms with Crippen molar-refractivity contribution in [1.29, 1.82) is 0 Å². The van der Waals surface area contributed by atoms with Crippen LogP contribution >= 0.6 is 11.6 Å². The maximum atomic E-state index is 13.3. The van der Waals surface area contributed by atoms with Crippen LogP contribution in [0.15, 0.2) is 47.5 Å². The van der Waals surface area contributed by atoms with Gasteiger partial charge in [-0.1, -0.05) is 23.7 Å². The quantitative estimate of drug-likeness (QED) is 0.804. The molecule has 0 aromatic heterocycles. The molecule has 0 amide bonds. The molecule has 4 heteroatoms. The summed E-state index contributed by atoms with van der Waals surface area (Å²) in [6.07, 6.45) is 1.37. The van der Waals surface area contributed by atoms with Crippen molar-refractivity contribution in [2.45, 2.75) is 0 Å². The topological polar surface area (TPSA) is 32.6 Å². The van der Waals surface area contributed by atoms with E-state index < -0.39 is 5.82 Å². The molecule has 0 heterocycles. The molecule has 0 atom stereocenters. The number of hydrogen-bond donors (Lipinski definition) is 1. The Morgan fingerprint density at radius 2 is 1.94 bits per heavy atom. The molecule has 2 aromatic rings. The summed E-state index contributed by atoms with van der Waals surface area (Å²) in [5.41, 5.74) is 0.660. The van der Waals surface area contributed by atoms with Crippen molar-refractivity contribution in [2.75, 3.05) is 0 Å². The molecule has 0 saturated heterocycles. The van der Waals surface area contributed by atoms with Crippen LogP contribution in [0.25, 0.3) is 0 Å². The summed E-state index contributed by atoms with van der Waals surface area (Å²) in [4.78, 5) is 3.96. The zero-order chi connectivity index (χ0) is 12.3. The average molecular weight is 250 g/mol. The molecule has 0 aliphatic carbocycles. The third kappa shape index (κ3) is 2.82. The van der Waals surface area contributed by atoms with E-state index in [-0.39, 0.29) is 11.4 Å². The van der Waals surface area contributed by atoms with Gasteiger partial charge >= 0.3 is 0 Å². The fourth-order valence-corrected chi connectivity index (χ4v) is 1.50. The van der Waals surface area contributed by atoms with Gasteiger partial charge in [-0.25, -0.2) is 4.39 Å². The predicted molar refractivity (Wildman–Crippen MR) is 66.8 cm³/mol. The summed E-state index contributed by atoms with van der Waals surface area (Å²) >= 11 is 5.78. The summed E-state index contributed by atoms with van der Waals surface area (Å²) < 4.78 is 13.3. The number of aromatic hydroxyl groups is 1. The molecule has 0 radical (unpaired) electrons. The van der Waals surface area contributed by atoms with Crippen molar-refractivity contribution < 1.29 is 9.50 Å². The van der Waals surface area contributed by atoms with Crippen molar-refractivity contribution >= 4 is 23.5 Å². The first kappa shape index (κ1) is 11.6. The molecular formula is C13H9ClFNO. The van der Waals surface area contributed by atoms with Crippen LogP contribution in [0.3, 0.4) is 0 Å². The van der Waals surface area contributed by atoms with Crippen molar-refractivity contribution in [3.8, 4) is 5.75 Å². The lowest BCUT2D eigenvalue weighted by molar-refractivity contribution is 0.474. The zero-order valence-electron chi connectivity index (χ0n) is 8.77. The van der Waals surface area contributed by atoms with Crippen LogP contribution in [0.2, 0.25) is 5.02 Å². The molecule has 0 saturated carbocycles. The summed E-state index contributed by atoms with van der Waals surface area (Å²) in [6, 6.07) is 10.7. The van der Waals surface area contributed by atoms with E-state index in [1.165, 1.54) is 18.3 Å². The molecule has 86 valence electrons. The highest BCUT2D eigenvalue weighted by atomic mass is 35.5. The molecule has 0 aliphatic rings. The van der Waals surface area contributed by atoms with Crippen LogP contribution in [-0.4, -0.2) is 11.3 Å². The number of rotatable bonds is 2. The highest BCUT2D eigenvalue weighted by molar-refractivity contribution is 6.30. The summed E-state index contributed by atoms with van der Waals surface area (Å²) in [5.74, 6) is -0.361. The van der Waals surface area contributed by atoms with Gasteiger partial charge in [0.05, 0.1) is 5.69 Å². The van der Waals surface area contributed by atoms with E-state index in [9.17, 15) is 9.50 Å². The number of halogens is 2. The van der Waals surface area contributed by atoms with Gasteiger partial charge < -0.3 is 5.11 Å². The molecule has 1 N–H and O–H groups in total. The van der Waals surface area contributed by atoms with Crippen LogP contribution in [0.5, 0.6) is 5.75 Å². The van der Waals surface area contributed by atoms with Crippen LogP contribution in [0, 0.1) is 5.82 Å². The van der Waals surface area contributed by atoms with E-state index in [0.717, 1.165) is 0 Å². The van der Waals surface area contributed by atoms with E-state index >= 15 is 0 Å². The third-order valence-electron chi connectivity index (χ3n) is 2.18.